The minimum Gasteiger partial charge on any atom is -0.347 e. The summed E-state index contributed by atoms with van der Waals surface area (Å²) in [6.07, 6.45) is 7.11. The second-order valence-corrected chi connectivity index (χ2v) is 3.70. The Bertz CT molecular complexity index is 342. The van der Waals surface area contributed by atoms with Gasteiger partial charge in [-0.3, -0.25) is 5.32 Å². The highest BCUT2D eigenvalue weighted by atomic mass is 15.1. The zero-order valence-corrected chi connectivity index (χ0v) is 8.86. The number of rotatable bonds is 4. The monoisotopic (exact) mass is 205 g/mol. The maximum absolute atomic E-state index is 4.25. The molecule has 0 saturated carbocycles. The van der Waals surface area contributed by atoms with E-state index in [1.807, 2.05) is 12.4 Å². The summed E-state index contributed by atoms with van der Waals surface area (Å²) in [6.45, 7) is 4.19. The number of aromatic amines is 2. The summed E-state index contributed by atoms with van der Waals surface area (Å²) in [6, 6.07) is 0.361. The van der Waals surface area contributed by atoms with Crippen molar-refractivity contribution in [2.45, 2.75) is 25.9 Å². The van der Waals surface area contributed by atoms with Crippen LogP contribution in [-0.2, 0) is 0 Å². The molecule has 0 atom stereocenters. The first-order valence-corrected chi connectivity index (χ1v) is 5.02. The largest absolute Gasteiger partial charge is 0.347 e. The van der Waals surface area contributed by atoms with E-state index in [4.69, 9.17) is 0 Å². The Hall–Kier alpha value is -1.62. The molecular formula is C10H15N5. The number of hydrogen-bond acceptors (Lipinski definition) is 3. The Morgan fingerprint density at radius 1 is 1.07 bits per heavy atom. The predicted molar refractivity (Wildman–Crippen MR) is 57.3 cm³/mol. The number of imidazole rings is 2. The van der Waals surface area contributed by atoms with Gasteiger partial charge in [-0.15, -0.1) is 0 Å². The predicted octanol–water partition coefficient (Wildman–Crippen LogP) is 1.22. The Labute approximate surface area is 88.4 Å². The van der Waals surface area contributed by atoms with Crippen LogP contribution in [0.4, 0.5) is 0 Å². The molecular weight excluding hydrogens is 190 g/mol. The molecule has 5 nitrogen and oxygen atoms in total. The fourth-order valence-electron chi connectivity index (χ4n) is 1.49. The van der Waals surface area contributed by atoms with Crippen molar-refractivity contribution in [3.05, 3.63) is 36.4 Å². The zero-order valence-electron chi connectivity index (χ0n) is 8.86. The molecule has 0 radical (unpaired) electrons. The molecule has 2 rings (SSSR count). The minimum absolute atomic E-state index is 0.00463. The van der Waals surface area contributed by atoms with Crippen LogP contribution in [0.2, 0.25) is 0 Å². The van der Waals surface area contributed by atoms with Crippen molar-refractivity contribution in [1.29, 1.82) is 0 Å². The highest BCUT2D eigenvalue weighted by Crippen LogP contribution is 2.15. The second-order valence-electron chi connectivity index (χ2n) is 3.70. The van der Waals surface area contributed by atoms with Gasteiger partial charge in [-0.1, -0.05) is 0 Å². The molecule has 0 amide bonds. The fourth-order valence-corrected chi connectivity index (χ4v) is 1.49. The van der Waals surface area contributed by atoms with Gasteiger partial charge >= 0.3 is 0 Å². The number of nitrogens with zero attached hydrogens (tertiary/aromatic N) is 2. The van der Waals surface area contributed by atoms with Gasteiger partial charge in [0.1, 0.15) is 17.7 Å². The van der Waals surface area contributed by atoms with Crippen LogP contribution >= 0.6 is 0 Å². The number of aromatic nitrogens is 4. The Balaban J connectivity index is 2.25. The van der Waals surface area contributed by atoms with Gasteiger partial charge < -0.3 is 9.97 Å². The first kappa shape index (κ1) is 9.92. The van der Waals surface area contributed by atoms with E-state index in [0.717, 1.165) is 11.6 Å². The van der Waals surface area contributed by atoms with Gasteiger partial charge in [0, 0.05) is 30.8 Å². The van der Waals surface area contributed by atoms with Crippen LogP contribution in [0.25, 0.3) is 0 Å². The number of H-pyrrole nitrogens is 2. The lowest BCUT2D eigenvalue weighted by Gasteiger charge is -2.17. The molecule has 15 heavy (non-hydrogen) atoms. The quantitative estimate of drug-likeness (QED) is 0.703. The van der Waals surface area contributed by atoms with E-state index < -0.39 is 0 Å². The van der Waals surface area contributed by atoms with E-state index in [9.17, 15) is 0 Å². The van der Waals surface area contributed by atoms with E-state index in [1.165, 1.54) is 0 Å². The average Bonchev–Trinajstić information content (AvgIpc) is 2.87. The topological polar surface area (TPSA) is 69.4 Å². The van der Waals surface area contributed by atoms with Gasteiger partial charge in [-0.25, -0.2) is 9.97 Å². The molecule has 80 valence electrons. The smallest absolute Gasteiger partial charge is 0.131 e. The molecule has 3 N–H and O–H groups in total. The highest BCUT2D eigenvalue weighted by molar-refractivity contribution is 5.10. The van der Waals surface area contributed by atoms with Crippen LogP contribution in [0.1, 0.15) is 31.5 Å². The van der Waals surface area contributed by atoms with Crippen molar-refractivity contribution >= 4 is 0 Å². The van der Waals surface area contributed by atoms with Crippen LogP contribution in [0, 0.1) is 0 Å². The van der Waals surface area contributed by atoms with Crippen LogP contribution < -0.4 is 5.32 Å². The Morgan fingerprint density at radius 2 is 1.60 bits per heavy atom. The Kier molecular flexibility index (Phi) is 2.82. The van der Waals surface area contributed by atoms with Crippen LogP contribution in [0.5, 0.6) is 0 Å². The summed E-state index contributed by atoms with van der Waals surface area (Å²) in [7, 11) is 0. The number of hydrogen-bond donors (Lipinski definition) is 3. The second kappa shape index (κ2) is 4.27. The van der Waals surface area contributed by atoms with Crippen LogP contribution in [0.15, 0.2) is 24.8 Å². The van der Waals surface area contributed by atoms with Crippen molar-refractivity contribution in [1.82, 2.24) is 25.3 Å². The third kappa shape index (κ3) is 2.24. The zero-order chi connectivity index (χ0) is 10.7. The third-order valence-electron chi connectivity index (χ3n) is 2.09. The minimum atomic E-state index is -0.00463. The molecule has 0 aliphatic carbocycles. The van der Waals surface area contributed by atoms with E-state index in [1.54, 1.807) is 12.4 Å². The summed E-state index contributed by atoms with van der Waals surface area (Å²) in [5.74, 6) is 1.75. The summed E-state index contributed by atoms with van der Waals surface area (Å²) < 4.78 is 0. The van der Waals surface area contributed by atoms with Gasteiger partial charge in [0.05, 0.1) is 0 Å². The molecule has 0 aromatic carbocycles. The van der Waals surface area contributed by atoms with E-state index in [0.29, 0.717) is 6.04 Å². The number of nitrogens with one attached hydrogen (secondary N) is 3. The molecule has 5 heteroatoms. The standard InChI is InChI=1S/C10H15N5/c1-7(2)15-8(9-11-3-4-12-9)10-13-5-6-14-10/h3-8,15H,1-2H3,(H,11,12)(H,13,14). The van der Waals surface area contributed by atoms with Gasteiger partial charge in [-0.05, 0) is 13.8 Å². The maximum atomic E-state index is 4.25. The summed E-state index contributed by atoms with van der Waals surface area (Å²) in [4.78, 5) is 14.7. The lowest BCUT2D eigenvalue weighted by atomic mass is 10.2. The van der Waals surface area contributed by atoms with Crippen molar-refractivity contribution in [3.8, 4) is 0 Å². The van der Waals surface area contributed by atoms with Crippen molar-refractivity contribution in [2.75, 3.05) is 0 Å². The highest BCUT2D eigenvalue weighted by Gasteiger charge is 2.18. The summed E-state index contributed by atoms with van der Waals surface area (Å²) in [5, 5.41) is 3.40. The molecule has 2 aromatic heterocycles. The molecule has 0 bridgehead atoms. The molecule has 0 aliphatic rings. The van der Waals surface area contributed by atoms with Gasteiger partial charge in [-0.2, -0.15) is 0 Å². The lowest BCUT2D eigenvalue weighted by Crippen LogP contribution is -2.30. The van der Waals surface area contributed by atoms with Crippen LogP contribution in [0.3, 0.4) is 0 Å². The van der Waals surface area contributed by atoms with E-state index >= 15 is 0 Å². The molecule has 0 unspecified atom stereocenters. The summed E-state index contributed by atoms with van der Waals surface area (Å²) >= 11 is 0. The molecule has 0 spiro atoms. The van der Waals surface area contributed by atoms with Crippen molar-refractivity contribution in [2.24, 2.45) is 0 Å². The van der Waals surface area contributed by atoms with Gasteiger partial charge in [0.15, 0.2) is 0 Å². The van der Waals surface area contributed by atoms with E-state index in [-0.39, 0.29) is 6.04 Å². The molecule has 0 saturated heterocycles. The van der Waals surface area contributed by atoms with Gasteiger partial charge in [0.2, 0.25) is 0 Å². The fraction of sp³-hybridized carbons (Fsp3) is 0.400. The molecule has 2 heterocycles. The molecule has 2 aromatic rings. The lowest BCUT2D eigenvalue weighted by molar-refractivity contribution is 0.497. The van der Waals surface area contributed by atoms with Crippen molar-refractivity contribution < 1.29 is 0 Å². The first-order chi connectivity index (χ1) is 7.27. The summed E-state index contributed by atoms with van der Waals surface area (Å²) in [5.41, 5.74) is 0. The molecule has 0 aliphatic heterocycles. The average molecular weight is 205 g/mol. The normalized spacial score (nSPS) is 11.5. The van der Waals surface area contributed by atoms with Crippen LogP contribution in [-0.4, -0.2) is 26.0 Å². The maximum Gasteiger partial charge on any atom is 0.131 e. The molecule has 0 fully saturated rings. The SMILES string of the molecule is CC(C)NC(c1ncc[nH]1)c1ncc[nH]1. The van der Waals surface area contributed by atoms with Crippen molar-refractivity contribution in [3.63, 3.8) is 0 Å². The third-order valence-corrected chi connectivity index (χ3v) is 2.09. The van der Waals surface area contributed by atoms with E-state index in [2.05, 4.69) is 39.1 Å². The van der Waals surface area contributed by atoms with Gasteiger partial charge in [0.25, 0.3) is 0 Å². The first-order valence-electron chi connectivity index (χ1n) is 5.02. The Morgan fingerprint density at radius 3 is 1.93 bits per heavy atom.